The van der Waals surface area contributed by atoms with Crippen molar-refractivity contribution < 1.29 is 14.2 Å². The van der Waals surface area contributed by atoms with E-state index in [9.17, 15) is 9.50 Å². The topological polar surface area (TPSA) is 42.4 Å². The van der Waals surface area contributed by atoms with E-state index in [1.165, 1.54) is 23.5 Å². The van der Waals surface area contributed by atoms with Crippen LogP contribution in [0.25, 0.3) is 23.1 Å². The van der Waals surface area contributed by atoms with Crippen molar-refractivity contribution in [2.24, 2.45) is 0 Å². The van der Waals surface area contributed by atoms with Gasteiger partial charge < -0.3 is 9.84 Å². The van der Waals surface area contributed by atoms with Gasteiger partial charge in [-0.15, -0.1) is 0 Å². The Balaban J connectivity index is 1.70. The summed E-state index contributed by atoms with van der Waals surface area (Å²) in [6, 6.07) is 23.2. The lowest BCUT2D eigenvalue weighted by molar-refractivity contribution is 0.124. The highest BCUT2D eigenvalue weighted by molar-refractivity contribution is 7.08. The number of nitrogens with zero attached hydrogens (tertiary/aromatic N) is 1. The maximum Gasteiger partial charge on any atom is 0.214 e. The molecule has 0 bridgehead atoms. The van der Waals surface area contributed by atoms with Crippen LogP contribution in [0.5, 0.6) is 5.88 Å². The Bertz CT molecular complexity index is 1610. The second kappa shape index (κ2) is 10.3. The molecule has 0 aliphatic rings. The molecule has 6 heteroatoms. The summed E-state index contributed by atoms with van der Waals surface area (Å²) in [5.41, 5.74) is 2.62. The number of hydrogen-bond acceptors (Lipinski definition) is 4. The van der Waals surface area contributed by atoms with Crippen molar-refractivity contribution in [1.82, 2.24) is 4.98 Å². The number of ether oxygens (including phenoxy) is 1. The number of aliphatic hydroxyl groups is 1. The van der Waals surface area contributed by atoms with E-state index in [1.54, 1.807) is 18.2 Å². The van der Waals surface area contributed by atoms with Gasteiger partial charge in [-0.2, -0.15) is 11.3 Å². The number of fused-ring (bicyclic) bond motifs is 1. The normalized spacial score (nSPS) is 13.6. The van der Waals surface area contributed by atoms with E-state index in [0.717, 1.165) is 27.6 Å². The predicted molar refractivity (Wildman–Crippen MR) is 155 cm³/mol. The monoisotopic (exact) mass is 543 g/mol. The number of benzene rings is 3. The Morgan fingerprint density at radius 1 is 0.895 bits per heavy atom. The van der Waals surface area contributed by atoms with Crippen LogP contribution in [0.2, 0.25) is 5.02 Å². The van der Waals surface area contributed by atoms with Crippen LogP contribution in [0, 0.1) is 5.82 Å². The van der Waals surface area contributed by atoms with E-state index in [0.29, 0.717) is 22.0 Å². The van der Waals surface area contributed by atoms with E-state index in [-0.39, 0.29) is 5.82 Å². The SMILES string of the molecule is CC(C)(C)Oc1cc(/C=C/c2cccc(F)c2)c2cc(C(O)(c3ccc(Cl)cc3)c3ccsc3)ccc2n1. The van der Waals surface area contributed by atoms with Gasteiger partial charge in [-0.05, 0) is 96.2 Å². The molecule has 5 aromatic rings. The van der Waals surface area contributed by atoms with Gasteiger partial charge in [-0.1, -0.05) is 54.1 Å². The van der Waals surface area contributed by atoms with Crippen LogP contribution in [0.3, 0.4) is 0 Å². The first-order valence-corrected chi connectivity index (χ1v) is 13.5. The summed E-state index contributed by atoms with van der Waals surface area (Å²) < 4.78 is 19.9. The smallest absolute Gasteiger partial charge is 0.214 e. The molecule has 0 radical (unpaired) electrons. The predicted octanol–water partition coefficient (Wildman–Crippen LogP) is 8.72. The minimum atomic E-state index is -1.40. The summed E-state index contributed by atoms with van der Waals surface area (Å²) in [7, 11) is 0. The molecule has 0 aliphatic heterocycles. The van der Waals surface area contributed by atoms with Crippen LogP contribution >= 0.6 is 22.9 Å². The Morgan fingerprint density at radius 3 is 2.34 bits per heavy atom. The molecule has 0 saturated heterocycles. The van der Waals surface area contributed by atoms with Crippen molar-refractivity contribution in [3.8, 4) is 5.88 Å². The first-order valence-electron chi connectivity index (χ1n) is 12.2. The summed E-state index contributed by atoms with van der Waals surface area (Å²) in [6.07, 6.45) is 3.78. The molecular weight excluding hydrogens is 517 g/mol. The second-order valence-electron chi connectivity index (χ2n) is 10.1. The quantitative estimate of drug-likeness (QED) is 0.233. The maximum absolute atomic E-state index is 13.8. The summed E-state index contributed by atoms with van der Waals surface area (Å²) in [5, 5.41) is 17.6. The van der Waals surface area contributed by atoms with E-state index in [4.69, 9.17) is 21.3 Å². The average Bonchev–Trinajstić information content (AvgIpc) is 3.42. The largest absolute Gasteiger partial charge is 0.472 e. The van der Waals surface area contributed by atoms with Crippen molar-refractivity contribution in [1.29, 1.82) is 0 Å². The highest BCUT2D eigenvalue weighted by Gasteiger charge is 2.34. The first-order chi connectivity index (χ1) is 18.1. The Kier molecular flexibility index (Phi) is 7.10. The summed E-state index contributed by atoms with van der Waals surface area (Å²) >= 11 is 7.68. The molecule has 2 aromatic heterocycles. The molecule has 1 atom stereocenters. The lowest BCUT2D eigenvalue weighted by atomic mass is 9.81. The van der Waals surface area contributed by atoms with Crippen LogP contribution in [-0.4, -0.2) is 15.7 Å². The molecule has 192 valence electrons. The molecule has 0 aliphatic carbocycles. The van der Waals surface area contributed by atoms with E-state index < -0.39 is 11.2 Å². The molecule has 3 nitrogen and oxygen atoms in total. The van der Waals surface area contributed by atoms with Gasteiger partial charge in [-0.3, -0.25) is 0 Å². The second-order valence-corrected chi connectivity index (χ2v) is 11.3. The molecular formula is C32H27ClFNO2S. The van der Waals surface area contributed by atoms with Gasteiger partial charge in [-0.25, -0.2) is 9.37 Å². The zero-order valence-electron chi connectivity index (χ0n) is 21.3. The number of hydrogen-bond donors (Lipinski definition) is 1. The van der Waals surface area contributed by atoms with Crippen molar-refractivity contribution in [2.45, 2.75) is 32.0 Å². The number of thiophene rings is 1. The lowest BCUT2D eigenvalue weighted by Gasteiger charge is -2.29. The average molecular weight is 544 g/mol. The molecule has 0 saturated carbocycles. The fourth-order valence-corrected chi connectivity index (χ4v) is 5.24. The zero-order chi connectivity index (χ0) is 26.9. The molecule has 0 spiro atoms. The highest BCUT2D eigenvalue weighted by atomic mass is 35.5. The minimum Gasteiger partial charge on any atom is -0.472 e. The zero-order valence-corrected chi connectivity index (χ0v) is 22.9. The van der Waals surface area contributed by atoms with Gasteiger partial charge in [0.1, 0.15) is 17.0 Å². The van der Waals surface area contributed by atoms with E-state index in [2.05, 4.69) is 0 Å². The lowest BCUT2D eigenvalue weighted by Crippen LogP contribution is -2.28. The Labute approximate surface area is 230 Å². The maximum atomic E-state index is 13.8. The van der Waals surface area contributed by atoms with E-state index in [1.807, 2.05) is 92.2 Å². The number of halogens is 2. The standard InChI is InChI=1S/C32H27ClFNO2S/c1-31(2,3)37-30-18-22(8-7-21-5-4-6-27(34)17-21)28-19-24(11-14-29(28)35-30)32(36,25-15-16-38-20-25)23-9-12-26(33)13-10-23/h4-20,36H,1-3H3/b8-7+. The van der Waals surface area contributed by atoms with Crippen molar-refractivity contribution >= 4 is 46.0 Å². The van der Waals surface area contributed by atoms with Gasteiger partial charge in [0.05, 0.1) is 5.52 Å². The number of aromatic nitrogens is 1. The van der Waals surface area contributed by atoms with Crippen molar-refractivity contribution in [3.63, 3.8) is 0 Å². The third kappa shape index (κ3) is 5.51. The molecule has 1 unspecified atom stereocenters. The van der Waals surface area contributed by atoms with Crippen LogP contribution in [0.15, 0.2) is 89.6 Å². The summed E-state index contributed by atoms with van der Waals surface area (Å²) in [5.74, 6) is 0.192. The van der Waals surface area contributed by atoms with Gasteiger partial charge >= 0.3 is 0 Å². The van der Waals surface area contributed by atoms with Crippen LogP contribution in [-0.2, 0) is 5.60 Å². The van der Waals surface area contributed by atoms with Crippen molar-refractivity contribution in [2.75, 3.05) is 0 Å². The number of pyridine rings is 1. The Hall–Kier alpha value is -3.51. The molecule has 0 amide bonds. The van der Waals surface area contributed by atoms with E-state index >= 15 is 0 Å². The molecule has 2 heterocycles. The first kappa shape index (κ1) is 26.1. The molecule has 5 rings (SSSR count). The van der Waals surface area contributed by atoms with Crippen LogP contribution in [0.1, 0.15) is 48.6 Å². The fourth-order valence-electron chi connectivity index (χ4n) is 4.41. The van der Waals surface area contributed by atoms with Gasteiger partial charge in [0, 0.05) is 22.0 Å². The molecule has 38 heavy (non-hydrogen) atoms. The third-order valence-electron chi connectivity index (χ3n) is 6.15. The Morgan fingerprint density at radius 2 is 1.66 bits per heavy atom. The highest BCUT2D eigenvalue weighted by Crippen LogP contribution is 2.40. The van der Waals surface area contributed by atoms with Gasteiger partial charge in [0.2, 0.25) is 5.88 Å². The summed E-state index contributed by atoms with van der Waals surface area (Å²) in [4.78, 5) is 4.75. The number of rotatable bonds is 6. The third-order valence-corrected chi connectivity index (χ3v) is 7.09. The van der Waals surface area contributed by atoms with Crippen LogP contribution < -0.4 is 4.74 Å². The minimum absolute atomic E-state index is 0.297. The van der Waals surface area contributed by atoms with Gasteiger partial charge in [0.25, 0.3) is 0 Å². The van der Waals surface area contributed by atoms with Gasteiger partial charge in [0.15, 0.2) is 0 Å². The van der Waals surface area contributed by atoms with Crippen LogP contribution in [0.4, 0.5) is 4.39 Å². The summed E-state index contributed by atoms with van der Waals surface area (Å²) in [6.45, 7) is 5.91. The van der Waals surface area contributed by atoms with Crippen molar-refractivity contribution in [3.05, 3.63) is 128 Å². The molecule has 1 N–H and O–H groups in total. The molecule has 0 fully saturated rings. The molecule has 3 aromatic carbocycles. The fraction of sp³-hybridized carbons (Fsp3) is 0.156.